The molecule has 164 valence electrons. The van der Waals surface area contributed by atoms with E-state index in [-0.39, 0.29) is 11.7 Å². The first kappa shape index (κ1) is 20.3. The number of fused-ring (bicyclic) bond motifs is 2. The summed E-state index contributed by atoms with van der Waals surface area (Å²) >= 11 is 0. The molecule has 2 aliphatic rings. The van der Waals surface area contributed by atoms with E-state index in [1.54, 1.807) is 24.4 Å². The number of rotatable bonds is 4. The number of benzene rings is 2. The number of nitrogen functional groups attached to an aromatic ring is 1. The lowest BCUT2D eigenvalue weighted by Gasteiger charge is -2.42. The molecule has 2 aromatic carbocycles. The molecule has 0 bridgehead atoms. The maximum absolute atomic E-state index is 13.3. The van der Waals surface area contributed by atoms with Crippen LogP contribution in [0.1, 0.15) is 24.0 Å². The number of hydrogen-bond donors (Lipinski definition) is 2. The Morgan fingerprint density at radius 1 is 1.16 bits per heavy atom. The van der Waals surface area contributed by atoms with Gasteiger partial charge in [0.25, 0.3) is 5.91 Å². The molecule has 5 rings (SSSR count). The van der Waals surface area contributed by atoms with Crippen LogP contribution in [0.4, 0.5) is 15.9 Å². The van der Waals surface area contributed by atoms with Crippen LogP contribution in [0.3, 0.4) is 0 Å². The Bertz CT molecular complexity index is 1130. The van der Waals surface area contributed by atoms with Crippen molar-refractivity contribution in [3.63, 3.8) is 0 Å². The summed E-state index contributed by atoms with van der Waals surface area (Å²) in [6.45, 7) is 1.82. The lowest BCUT2D eigenvalue weighted by atomic mass is 9.69. The van der Waals surface area contributed by atoms with Crippen LogP contribution in [0, 0.1) is 5.82 Å². The number of carbonyl (C=O) groups excluding carboxylic acids is 1. The van der Waals surface area contributed by atoms with Crippen molar-refractivity contribution in [1.29, 1.82) is 0 Å². The zero-order valence-corrected chi connectivity index (χ0v) is 17.6. The Hall–Kier alpha value is -3.61. The Kier molecular flexibility index (Phi) is 5.17. The predicted octanol–water partition coefficient (Wildman–Crippen LogP) is 3.42. The van der Waals surface area contributed by atoms with Crippen LogP contribution >= 0.6 is 0 Å². The zero-order valence-electron chi connectivity index (χ0n) is 17.6. The number of amides is 1. The lowest BCUT2D eigenvalue weighted by molar-refractivity contribution is -0.130. The second kappa shape index (κ2) is 8.15. The molecular weight excluding hydrogens is 407 g/mol. The van der Waals surface area contributed by atoms with Crippen molar-refractivity contribution in [1.82, 2.24) is 10.3 Å². The number of nitrogens with one attached hydrogen (secondary N) is 1. The van der Waals surface area contributed by atoms with Crippen LogP contribution in [-0.4, -0.2) is 30.1 Å². The molecule has 1 saturated heterocycles. The fourth-order valence-corrected chi connectivity index (χ4v) is 4.82. The van der Waals surface area contributed by atoms with Gasteiger partial charge in [-0.1, -0.05) is 30.3 Å². The molecule has 2 aliphatic heterocycles. The number of para-hydroxylation sites is 1. The number of ether oxygens (including phenoxy) is 1. The van der Waals surface area contributed by atoms with Gasteiger partial charge in [-0.3, -0.25) is 4.79 Å². The normalized spacial score (nSPS) is 18.8. The quantitative estimate of drug-likeness (QED) is 0.660. The standard InChI is InChI=1S/C25H25FN4O2/c26-18-7-5-17(6-8-18)16-29-24(31)23-25(20-3-1-2-4-21(20)32-23)10-13-30(14-11-25)22-15-19(27)9-12-28-22/h1-9,12,15,23H,10-11,13-14,16H2,(H2,27,28)(H,29,31). The van der Waals surface area contributed by atoms with Crippen LogP contribution in [-0.2, 0) is 16.8 Å². The molecule has 0 saturated carbocycles. The Balaban J connectivity index is 1.36. The van der Waals surface area contributed by atoms with Gasteiger partial charge >= 0.3 is 0 Å². The van der Waals surface area contributed by atoms with Gasteiger partial charge in [-0.25, -0.2) is 9.37 Å². The third-order valence-electron chi connectivity index (χ3n) is 6.54. The summed E-state index contributed by atoms with van der Waals surface area (Å²) in [5.74, 6) is 1.17. The minimum absolute atomic E-state index is 0.152. The first-order valence-corrected chi connectivity index (χ1v) is 10.8. The van der Waals surface area contributed by atoms with Crippen molar-refractivity contribution in [3.8, 4) is 5.75 Å². The van der Waals surface area contributed by atoms with E-state index in [1.165, 1.54) is 12.1 Å². The van der Waals surface area contributed by atoms with Crippen molar-refractivity contribution < 1.29 is 13.9 Å². The van der Waals surface area contributed by atoms with E-state index in [0.717, 1.165) is 48.6 Å². The highest BCUT2D eigenvalue weighted by Crippen LogP contribution is 2.49. The number of piperidine rings is 1. The summed E-state index contributed by atoms with van der Waals surface area (Å²) in [6, 6.07) is 17.7. The average Bonchev–Trinajstić information content (AvgIpc) is 3.13. The topological polar surface area (TPSA) is 80.5 Å². The van der Waals surface area contributed by atoms with Crippen molar-refractivity contribution in [2.45, 2.75) is 30.9 Å². The predicted molar refractivity (Wildman–Crippen MR) is 121 cm³/mol. The summed E-state index contributed by atoms with van der Waals surface area (Å²) in [4.78, 5) is 19.9. The van der Waals surface area contributed by atoms with Gasteiger partial charge in [-0.15, -0.1) is 0 Å². The third-order valence-corrected chi connectivity index (χ3v) is 6.54. The van der Waals surface area contributed by atoms with Crippen LogP contribution in [0.15, 0.2) is 66.9 Å². The first-order valence-electron chi connectivity index (χ1n) is 10.8. The van der Waals surface area contributed by atoms with Crippen molar-refractivity contribution >= 4 is 17.4 Å². The van der Waals surface area contributed by atoms with Gasteiger partial charge in [-0.2, -0.15) is 0 Å². The SMILES string of the molecule is Nc1ccnc(N2CCC3(CC2)c2ccccc2OC3C(=O)NCc2ccc(F)cc2)c1. The minimum atomic E-state index is -0.615. The van der Waals surface area contributed by atoms with E-state index >= 15 is 0 Å². The molecule has 32 heavy (non-hydrogen) atoms. The highest BCUT2D eigenvalue weighted by molar-refractivity contribution is 5.85. The summed E-state index contributed by atoms with van der Waals surface area (Å²) in [6.07, 6.45) is 2.62. The first-order chi connectivity index (χ1) is 15.5. The van der Waals surface area contributed by atoms with Gasteiger partial charge in [0.1, 0.15) is 17.4 Å². The second-order valence-electron chi connectivity index (χ2n) is 8.43. The zero-order chi connectivity index (χ0) is 22.1. The molecule has 0 aliphatic carbocycles. The fourth-order valence-electron chi connectivity index (χ4n) is 4.82. The van der Waals surface area contributed by atoms with Gasteiger partial charge in [0.2, 0.25) is 0 Å². The highest BCUT2D eigenvalue weighted by atomic mass is 19.1. The van der Waals surface area contributed by atoms with E-state index < -0.39 is 11.5 Å². The average molecular weight is 432 g/mol. The molecule has 1 unspecified atom stereocenters. The molecule has 1 amide bonds. The maximum Gasteiger partial charge on any atom is 0.262 e. The molecule has 0 radical (unpaired) electrons. The van der Waals surface area contributed by atoms with Crippen LogP contribution in [0.2, 0.25) is 0 Å². The number of nitrogens with two attached hydrogens (primary N) is 1. The molecule has 1 atom stereocenters. The number of aromatic nitrogens is 1. The van der Waals surface area contributed by atoms with E-state index in [9.17, 15) is 9.18 Å². The summed E-state index contributed by atoms with van der Waals surface area (Å²) < 4.78 is 19.4. The Morgan fingerprint density at radius 2 is 1.91 bits per heavy atom. The van der Waals surface area contributed by atoms with Crippen LogP contribution < -0.4 is 20.7 Å². The van der Waals surface area contributed by atoms with E-state index in [4.69, 9.17) is 10.5 Å². The minimum Gasteiger partial charge on any atom is -0.479 e. The monoisotopic (exact) mass is 432 g/mol. The molecular formula is C25H25FN4O2. The van der Waals surface area contributed by atoms with Crippen molar-refractivity contribution in [3.05, 3.63) is 83.8 Å². The number of hydrogen-bond acceptors (Lipinski definition) is 5. The highest BCUT2D eigenvalue weighted by Gasteiger charge is 2.53. The van der Waals surface area contributed by atoms with Crippen molar-refractivity contribution in [2.75, 3.05) is 23.7 Å². The molecule has 3 N–H and O–H groups in total. The number of pyridine rings is 1. The largest absolute Gasteiger partial charge is 0.479 e. The third kappa shape index (κ3) is 3.64. The van der Waals surface area contributed by atoms with Gasteiger partial charge in [0, 0.05) is 48.6 Å². The van der Waals surface area contributed by atoms with E-state index in [1.807, 2.05) is 24.3 Å². The molecule has 6 nitrogen and oxygen atoms in total. The summed E-state index contributed by atoms with van der Waals surface area (Å²) in [5.41, 5.74) is 8.14. The molecule has 1 spiro atoms. The van der Waals surface area contributed by atoms with Crippen molar-refractivity contribution in [2.24, 2.45) is 0 Å². The number of carbonyl (C=O) groups is 1. The van der Waals surface area contributed by atoms with E-state index in [2.05, 4.69) is 21.3 Å². The molecule has 1 aromatic heterocycles. The molecule has 1 fully saturated rings. The van der Waals surface area contributed by atoms with Gasteiger partial charge in [0.15, 0.2) is 6.10 Å². The molecule has 7 heteroatoms. The second-order valence-corrected chi connectivity index (χ2v) is 8.43. The van der Waals surface area contributed by atoms with Crippen LogP contribution in [0.25, 0.3) is 0 Å². The van der Waals surface area contributed by atoms with Gasteiger partial charge < -0.3 is 20.7 Å². The number of nitrogens with zero attached hydrogens (tertiary/aromatic N) is 2. The smallest absolute Gasteiger partial charge is 0.262 e. The Labute approximate surface area is 186 Å². The summed E-state index contributed by atoms with van der Waals surface area (Å²) in [5, 5.41) is 2.99. The lowest BCUT2D eigenvalue weighted by Crippen LogP contribution is -2.54. The number of halogens is 1. The Morgan fingerprint density at radius 3 is 2.66 bits per heavy atom. The van der Waals surface area contributed by atoms with E-state index in [0.29, 0.717) is 12.2 Å². The maximum atomic E-state index is 13.3. The fraction of sp³-hybridized carbons (Fsp3) is 0.280. The number of anilines is 2. The molecule has 3 aromatic rings. The van der Waals surface area contributed by atoms with Gasteiger partial charge in [-0.05, 0) is 42.7 Å². The summed E-state index contributed by atoms with van der Waals surface area (Å²) in [7, 11) is 0. The van der Waals surface area contributed by atoms with Gasteiger partial charge in [0.05, 0.1) is 0 Å². The van der Waals surface area contributed by atoms with Crippen LogP contribution in [0.5, 0.6) is 5.75 Å². The molecule has 3 heterocycles.